The number of benzene rings is 2. The monoisotopic (exact) mass is 354 g/mol. The van der Waals surface area contributed by atoms with Crippen LogP contribution in [0.1, 0.15) is 52.4 Å². The van der Waals surface area contributed by atoms with Crippen LogP contribution in [0.3, 0.4) is 0 Å². The maximum atomic E-state index is 11.6. The molecule has 2 aromatic rings. The van der Waals surface area contributed by atoms with Crippen LogP contribution in [-0.2, 0) is 19.3 Å². The molecule has 2 aromatic carbocycles. The average molecular weight is 354 g/mol. The molecule has 138 valence electrons. The summed E-state index contributed by atoms with van der Waals surface area (Å²) in [4.78, 5) is 11.6. The van der Waals surface area contributed by atoms with Crippen LogP contribution in [0.5, 0.6) is 11.5 Å². The molecule has 0 heterocycles. The molecule has 4 heteroatoms. The number of aromatic carboxylic acids is 1. The lowest BCUT2D eigenvalue weighted by molar-refractivity contribution is 0.0695. The Morgan fingerprint density at radius 1 is 1.15 bits per heavy atom. The molecule has 4 nitrogen and oxygen atoms in total. The normalized spacial score (nSPS) is 16.0. The Balaban J connectivity index is 2.02. The summed E-state index contributed by atoms with van der Waals surface area (Å²) in [5.41, 5.74) is 4.69. The van der Waals surface area contributed by atoms with Gasteiger partial charge in [0.1, 0.15) is 11.5 Å². The van der Waals surface area contributed by atoms with Gasteiger partial charge in [-0.3, -0.25) is 0 Å². The van der Waals surface area contributed by atoms with E-state index in [1.165, 1.54) is 24.0 Å². The zero-order chi connectivity index (χ0) is 18.7. The van der Waals surface area contributed by atoms with E-state index < -0.39 is 5.97 Å². The number of carboxylic acids is 1. The van der Waals surface area contributed by atoms with Gasteiger partial charge in [-0.15, -0.1) is 0 Å². The third-order valence-electron chi connectivity index (χ3n) is 5.46. The third kappa shape index (κ3) is 3.55. The maximum absolute atomic E-state index is 11.6. The van der Waals surface area contributed by atoms with Crippen LogP contribution in [0, 0.1) is 5.92 Å². The molecule has 0 unspecified atom stereocenters. The summed E-state index contributed by atoms with van der Waals surface area (Å²) in [6.45, 7) is 2.25. The minimum absolute atomic E-state index is 0.273. The Labute approximate surface area is 154 Å². The molecule has 0 aromatic heterocycles. The van der Waals surface area contributed by atoms with Gasteiger partial charge in [-0.1, -0.05) is 25.5 Å². The molecule has 0 radical (unpaired) electrons. The van der Waals surface area contributed by atoms with Crippen molar-refractivity contribution in [3.63, 3.8) is 0 Å². The van der Waals surface area contributed by atoms with Gasteiger partial charge >= 0.3 is 5.97 Å². The molecule has 1 aliphatic carbocycles. The topological polar surface area (TPSA) is 55.8 Å². The predicted octanol–water partition coefficient (Wildman–Crippen LogP) is 4.51. The SMILES string of the molecule is CC[C@@H]1CCc2cc(Cc3c(OC)cccc3C(=O)O)c(OC)cc2C1. The highest BCUT2D eigenvalue weighted by Gasteiger charge is 2.22. The van der Waals surface area contributed by atoms with Crippen molar-refractivity contribution in [2.45, 2.75) is 39.0 Å². The van der Waals surface area contributed by atoms with Crippen LogP contribution in [0.2, 0.25) is 0 Å². The molecule has 0 fully saturated rings. The van der Waals surface area contributed by atoms with Crippen molar-refractivity contribution in [2.75, 3.05) is 14.2 Å². The minimum atomic E-state index is -0.943. The van der Waals surface area contributed by atoms with Crippen LogP contribution < -0.4 is 9.47 Å². The number of fused-ring (bicyclic) bond motifs is 1. The van der Waals surface area contributed by atoms with Crippen molar-refractivity contribution in [2.24, 2.45) is 5.92 Å². The number of hydrogen-bond donors (Lipinski definition) is 1. The molecule has 0 saturated heterocycles. The fourth-order valence-electron chi connectivity index (χ4n) is 3.92. The first-order valence-corrected chi connectivity index (χ1v) is 9.15. The predicted molar refractivity (Wildman–Crippen MR) is 102 cm³/mol. The number of hydrogen-bond acceptors (Lipinski definition) is 3. The fourth-order valence-corrected chi connectivity index (χ4v) is 3.92. The van der Waals surface area contributed by atoms with Gasteiger partial charge in [0, 0.05) is 12.0 Å². The molecule has 1 atom stereocenters. The van der Waals surface area contributed by atoms with Gasteiger partial charge < -0.3 is 14.6 Å². The molecule has 0 bridgehead atoms. The van der Waals surface area contributed by atoms with Gasteiger partial charge in [0.25, 0.3) is 0 Å². The first kappa shape index (κ1) is 18.3. The van der Waals surface area contributed by atoms with Crippen molar-refractivity contribution in [3.8, 4) is 11.5 Å². The Morgan fingerprint density at radius 2 is 1.92 bits per heavy atom. The van der Waals surface area contributed by atoms with Gasteiger partial charge in [-0.25, -0.2) is 4.79 Å². The highest BCUT2D eigenvalue weighted by molar-refractivity contribution is 5.90. The van der Waals surface area contributed by atoms with Gasteiger partial charge in [-0.05, 0) is 60.1 Å². The number of methoxy groups -OCH3 is 2. The van der Waals surface area contributed by atoms with E-state index >= 15 is 0 Å². The van der Waals surface area contributed by atoms with E-state index in [9.17, 15) is 9.90 Å². The van der Waals surface area contributed by atoms with Crippen LogP contribution in [-0.4, -0.2) is 25.3 Å². The zero-order valence-corrected chi connectivity index (χ0v) is 15.7. The van der Waals surface area contributed by atoms with Crippen LogP contribution in [0.4, 0.5) is 0 Å². The van der Waals surface area contributed by atoms with E-state index in [1.807, 2.05) is 0 Å². The van der Waals surface area contributed by atoms with Gasteiger partial charge in [-0.2, -0.15) is 0 Å². The molecular formula is C22H26O4. The van der Waals surface area contributed by atoms with E-state index in [2.05, 4.69) is 19.1 Å². The Hall–Kier alpha value is -2.49. The second-order valence-electron chi connectivity index (χ2n) is 6.92. The molecule has 0 spiro atoms. The largest absolute Gasteiger partial charge is 0.496 e. The summed E-state index contributed by atoms with van der Waals surface area (Å²) in [5.74, 6) is 1.21. The van der Waals surface area contributed by atoms with Crippen molar-refractivity contribution in [3.05, 3.63) is 58.1 Å². The lowest BCUT2D eigenvalue weighted by Gasteiger charge is -2.25. The first-order chi connectivity index (χ1) is 12.6. The summed E-state index contributed by atoms with van der Waals surface area (Å²) >= 11 is 0. The van der Waals surface area contributed by atoms with Gasteiger partial charge in [0.15, 0.2) is 0 Å². The second kappa shape index (κ2) is 7.81. The Kier molecular flexibility index (Phi) is 5.50. The average Bonchev–Trinajstić information content (AvgIpc) is 2.66. The van der Waals surface area contributed by atoms with Crippen LogP contribution >= 0.6 is 0 Å². The highest BCUT2D eigenvalue weighted by atomic mass is 16.5. The molecule has 0 amide bonds. The summed E-state index contributed by atoms with van der Waals surface area (Å²) in [5, 5.41) is 9.55. The lowest BCUT2D eigenvalue weighted by Crippen LogP contribution is -2.14. The standard InChI is InChI=1S/C22H26O4/c1-4-14-8-9-15-11-17(21(26-3)13-16(15)10-14)12-19-18(22(23)24)6-5-7-20(19)25-2/h5-7,11,13-14H,4,8-10,12H2,1-3H3,(H,23,24)/t14-/m1/s1. The van der Waals surface area contributed by atoms with Crippen LogP contribution in [0.25, 0.3) is 0 Å². The summed E-state index contributed by atoms with van der Waals surface area (Å²) < 4.78 is 11.1. The third-order valence-corrected chi connectivity index (χ3v) is 5.46. The highest BCUT2D eigenvalue weighted by Crippen LogP contribution is 2.35. The molecule has 3 rings (SSSR count). The zero-order valence-electron chi connectivity index (χ0n) is 15.7. The summed E-state index contributed by atoms with van der Waals surface area (Å²) in [6.07, 6.45) is 5.05. The van der Waals surface area contributed by atoms with E-state index in [1.54, 1.807) is 32.4 Å². The number of ether oxygens (including phenoxy) is 2. The number of rotatable bonds is 6. The van der Waals surface area contributed by atoms with E-state index in [0.29, 0.717) is 17.7 Å². The summed E-state index contributed by atoms with van der Waals surface area (Å²) in [7, 11) is 3.24. The van der Waals surface area contributed by atoms with E-state index in [0.717, 1.165) is 30.1 Å². The molecule has 0 saturated carbocycles. The smallest absolute Gasteiger partial charge is 0.336 e. The number of carbonyl (C=O) groups is 1. The molecule has 1 aliphatic rings. The number of aryl methyl sites for hydroxylation is 1. The maximum Gasteiger partial charge on any atom is 0.336 e. The van der Waals surface area contributed by atoms with Crippen molar-refractivity contribution >= 4 is 5.97 Å². The van der Waals surface area contributed by atoms with Gasteiger partial charge in [0.05, 0.1) is 19.8 Å². The first-order valence-electron chi connectivity index (χ1n) is 9.15. The molecule has 0 aliphatic heterocycles. The summed E-state index contributed by atoms with van der Waals surface area (Å²) in [6, 6.07) is 9.47. The fraction of sp³-hybridized carbons (Fsp3) is 0.409. The molecular weight excluding hydrogens is 328 g/mol. The quantitative estimate of drug-likeness (QED) is 0.829. The number of carboxylic acid groups (broad SMARTS) is 1. The molecule has 26 heavy (non-hydrogen) atoms. The minimum Gasteiger partial charge on any atom is -0.496 e. The second-order valence-corrected chi connectivity index (χ2v) is 6.92. The van der Waals surface area contributed by atoms with Crippen molar-refractivity contribution in [1.29, 1.82) is 0 Å². The Morgan fingerprint density at radius 3 is 2.58 bits per heavy atom. The van der Waals surface area contributed by atoms with Gasteiger partial charge in [0.2, 0.25) is 0 Å². The van der Waals surface area contributed by atoms with Crippen molar-refractivity contribution < 1.29 is 19.4 Å². The molecule has 1 N–H and O–H groups in total. The van der Waals surface area contributed by atoms with Crippen molar-refractivity contribution in [1.82, 2.24) is 0 Å². The lowest BCUT2D eigenvalue weighted by atomic mass is 9.81. The van der Waals surface area contributed by atoms with Crippen LogP contribution in [0.15, 0.2) is 30.3 Å². The van der Waals surface area contributed by atoms with E-state index in [4.69, 9.17) is 9.47 Å². The van der Waals surface area contributed by atoms with E-state index in [-0.39, 0.29) is 5.56 Å². The Bertz CT molecular complexity index is 810.